The minimum atomic E-state index is -0.697. The van der Waals surface area contributed by atoms with Gasteiger partial charge < -0.3 is 9.84 Å². The third-order valence-electron chi connectivity index (χ3n) is 1.91. The number of aliphatic hydroxyl groups is 1. The Bertz CT molecular complexity index is 500. The average Bonchev–Trinajstić information content (AvgIpc) is 2.34. The predicted molar refractivity (Wildman–Crippen MR) is 66.9 cm³/mol. The number of aliphatic hydroxyl groups excluding tert-OH is 1. The zero-order valence-corrected chi connectivity index (χ0v) is 10.3. The summed E-state index contributed by atoms with van der Waals surface area (Å²) in [7, 11) is 0. The van der Waals surface area contributed by atoms with Gasteiger partial charge in [0.25, 0.3) is 0 Å². The predicted octanol–water partition coefficient (Wildman–Crippen LogP) is 3.19. The van der Waals surface area contributed by atoms with Gasteiger partial charge in [-0.25, -0.2) is 9.18 Å². The van der Waals surface area contributed by atoms with Crippen LogP contribution in [0.5, 0.6) is 0 Å². The van der Waals surface area contributed by atoms with Gasteiger partial charge in [-0.1, -0.05) is 11.6 Å². The molecule has 0 amide bonds. The number of esters is 1. The zero-order chi connectivity index (χ0) is 13.5. The van der Waals surface area contributed by atoms with E-state index in [4.69, 9.17) is 16.7 Å². The highest BCUT2D eigenvalue weighted by Gasteiger charge is 2.08. The fourth-order valence-electron chi connectivity index (χ4n) is 1.06. The maximum atomic E-state index is 12.9. The van der Waals surface area contributed by atoms with Crippen LogP contribution in [0, 0.1) is 5.82 Å². The van der Waals surface area contributed by atoms with E-state index >= 15 is 0 Å². The molecule has 1 aromatic carbocycles. The Morgan fingerprint density at radius 1 is 1.61 bits per heavy atom. The first-order valence-electron chi connectivity index (χ1n) is 5.09. The summed E-state index contributed by atoms with van der Waals surface area (Å²) in [6.07, 6.45) is 1.70. The summed E-state index contributed by atoms with van der Waals surface area (Å²) in [6.45, 7) is 1.83. The molecule has 0 spiro atoms. The van der Waals surface area contributed by atoms with Crippen LogP contribution < -0.4 is 0 Å². The standard InChI is InChI=1S/C12H11ClFNO3/c1-2-18-12(17)8(7-16)6-15-9-3-4-11(14)10(13)5-9/h3-7,16H,2H2,1H3/b8-7-,15-6?. The smallest absolute Gasteiger partial charge is 0.342 e. The molecule has 1 N–H and O–H groups in total. The molecular weight excluding hydrogens is 261 g/mol. The fraction of sp³-hybridized carbons (Fsp3) is 0.167. The van der Waals surface area contributed by atoms with Gasteiger partial charge in [0.1, 0.15) is 11.4 Å². The zero-order valence-electron chi connectivity index (χ0n) is 9.56. The Labute approximate surface area is 108 Å². The van der Waals surface area contributed by atoms with E-state index in [0.29, 0.717) is 11.9 Å². The first-order valence-corrected chi connectivity index (χ1v) is 5.47. The maximum Gasteiger partial charge on any atom is 0.342 e. The average molecular weight is 272 g/mol. The Kier molecular flexibility index (Phi) is 5.32. The SMILES string of the molecule is CCOC(=O)/C(C=Nc1ccc(F)c(Cl)c1)=C\O. The van der Waals surface area contributed by atoms with Crippen molar-refractivity contribution in [2.45, 2.75) is 6.92 Å². The molecule has 0 heterocycles. The summed E-state index contributed by atoms with van der Waals surface area (Å²) in [5, 5.41) is 8.79. The molecule has 0 bridgehead atoms. The maximum absolute atomic E-state index is 12.9. The van der Waals surface area contributed by atoms with Crippen LogP contribution >= 0.6 is 11.6 Å². The highest BCUT2D eigenvalue weighted by Crippen LogP contribution is 2.21. The minimum Gasteiger partial charge on any atom is -0.515 e. The molecule has 4 nitrogen and oxygen atoms in total. The van der Waals surface area contributed by atoms with Crippen LogP contribution in [0.15, 0.2) is 35.0 Å². The molecule has 0 atom stereocenters. The molecule has 0 saturated carbocycles. The molecule has 96 valence electrons. The van der Waals surface area contributed by atoms with E-state index < -0.39 is 11.8 Å². The van der Waals surface area contributed by atoms with Crippen molar-refractivity contribution in [2.24, 2.45) is 4.99 Å². The van der Waals surface area contributed by atoms with Crippen LogP contribution in [0.4, 0.5) is 10.1 Å². The fourth-order valence-corrected chi connectivity index (χ4v) is 1.24. The van der Waals surface area contributed by atoms with Gasteiger partial charge in [-0.05, 0) is 25.1 Å². The topological polar surface area (TPSA) is 58.9 Å². The third kappa shape index (κ3) is 3.85. The van der Waals surface area contributed by atoms with E-state index in [1.165, 1.54) is 12.1 Å². The van der Waals surface area contributed by atoms with Crippen molar-refractivity contribution in [3.63, 3.8) is 0 Å². The van der Waals surface area contributed by atoms with Crippen LogP contribution in [0.2, 0.25) is 5.02 Å². The van der Waals surface area contributed by atoms with Gasteiger partial charge in [0.05, 0.1) is 23.6 Å². The Balaban J connectivity index is 2.84. The van der Waals surface area contributed by atoms with Gasteiger partial charge in [0, 0.05) is 6.21 Å². The van der Waals surface area contributed by atoms with Crippen molar-refractivity contribution in [2.75, 3.05) is 6.61 Å². The molecule has 1 aromatic rings. The molecule has 6 heteroatoms. The van der Waals surface area contributed by atoms with E-state index in [2.05, 4.69) is 9.73 Å². The monoisotopic (exact) mass is 271 g/mol. The van der Waals surface area contributed by atoms with Gasteiger partial charge in [0.15, 0.2) is 0 Å². The molecule has 1 rings (SSSR count). The molecule has 0 radical (unpaired) electrons. The number of carbonyl (C=O) groups excluding carboxylic acids is 1. The Hall–Kier alpha value is -1.88. The molecule has 0 fully saturated rings. The number of hydrogen-bond acceptors (Lipinski definition) is 4. The Morgan fingerprint density at radius 3 is 2.89 bits per heavy atom. The van der Waals surface area contributed by atoms with Gasteiger partial charge >= 0.3 is 5.97 Å². The number of aliphatic imine (C=N–C) groups is 1. The molecule has 0 saturated heterocycles. The van der Waals surface area contributed by atoms with E-state index in [-0.39, 0.29) is 17.2 Å². The van der Waals surface area contributed by atoms with Gasteiger partial charge in [-0.2, -0.15) is 0 Å². The molecule has 0 aliphatic rings. The Morgan fingerprint density at radius 2 is 2.33 bits per heavy atom. The number of nitrogens with zero attached hydrogens (tertiary/aromatic N) is 1. The van der Waals surface area contributed by atoms with Gasteiger partial charge in [-0.3, -0.25) is 4.99 Å². The summed E-state index contributed by atoms with van der Waals surface area (Å²) < 4.78 is 17.6. The molecule has 18 heavy (non-hydrogen) atoms. The molecule has 0 aliphatic carbocycles. The number of carbonyl (C=O) groups is 1. The quantitative estimate of drug-likeness (QED) is 0.396. The van der Waals surface area contributed by atoms with Crippen LogP contribution in [0.25, 0.3) is 0 Å². The second-order valence-corrected chi connectivity index (χ2v) is 3.57. The second kappa shape index (κ2) is 6.76. The first kappa shape index (κ1) is 14.2. The number of hydrogen-bond donors (Lipinski definition) is 1. The van der Waals surface area contributed by atoms with E-state index in [1.807, 2.05) is 0 Å². The lowest BCUT2D eigenvalue weighted by Gasteiger charge is -2.00. The van der Waals surface area contributed by atoms with Crippen molar-refractivity contribution in [1.29, 1.82) is 0 Å². The summed E-state index contributed by atoms with van der Waals surface area (Å²) in [5.41, 5.74) is 0.238. The van der Waals surface area contributed by atoms with Gasteiger partial charge in [-0.15, -0.1) is 0 Å². The number of rotatable bonds is 4. The van der Waals surface area contributed by atoms with Crippen LogP contribution in [0.1, 0.15) is 6.92 Å². The lowest BCUT2D eigenvalue weighted by Crippen LogP contribution is -2.08. The normalized spacial score (nSPS) is 11.8. The van der Waals surface area contributed by atoms with Crippen molar-refractivity contribution < 1.29 is 19.0 Å². The molecule has 0 unspecified atom stereocenters. The van der Waals surface area contributed by atoms with Crippen molar-refractivity contribution in [1.82, 2.24) is 0 Å². The van der Waals surface area contributed by atoms with E-state index in [1.54, 1.807) is 6.92 Å². The number of ether oxygens (including phenoxy) is 1. The highest BCUT2D eigenvalue weighted by atomic mass is 35.5. The van der Waals surface area contributed by atoms with Crippen LogP contribution in [-0.4, -0.2) is 23.9 Å². The lowest BCUT2D eigenvalue weighted by atomic mass is 10.3. The summed E-state index contributed by atoms with van der Waals surface area (Å²) in [4.78, 5) is 15.2. The van der Waals surface area contributed by atoms with Crippen LogP contribution in [0.3, 0.4) is 0 Å². The molecular formula is C12H11ClFNO3. The van der Waals surface area contributed by atoms with Crippen molar-refractivity contribution >= 4 is 29.5 Å². The number of benzene rings is 1. The van der Waals surface area contributed by atoms with Crippen molar-refractivity contribution in [3.8, 4) is 0 Å². The van der Waals surface area contributed by atoms with E-state index in [9.17, 15) is 9.18 Å². The van der Waals surface area contributed by atoms with Crippen molar-refractivity contribution in [3.05, 3.63) is 40.9 Å². The number of halogens is 2. The lowest BCUT2D eigenvalue weighted by molar-refractivity contribution is -0.137. The summed E-state index contributed by atoms with van der Waals surface area (Å²) >= 11 is 5.57. The largest absolute Gasteiger partial charge is 0.515 e. The minimum absolute atomic E-state index is 0.0738. The van der Waals surface area contributed by atoms with Gasteiger partial charge in [0.2, 0.25) is 0 Å². The summed E-state index contributed by atoms with van der Waals surface area (Å²) in [6, 6.07) is 3.84. The molecule has 0 aliphatic heterocycles. The third-order valence-corrected chi connectivity index (χ3v) is 2.20. The highest BCUT2D eigenvalue weighted by molar-refractivity contribution is 6.31. The first-order chi connectivity index (χ1) is 8.58. The summed E-state index contributed by atoms with van der Waals surface area (Å²) in [5.74, 6) is -1.25. The molecule has 0 aromatic heterocycles. The second-order valence-electron chi connectivity index (χ2n) is 3.16. The van der Waals surface area contributed by atoms with Crippen LogP contribution in [-0.2, 0) is 9.53 Å². The van der Waals surface area contributed by atoms with E-state index in [0.717, 1.165) is 12.3 Å².